The molecule has 3 rings (SSSR count). The van der Waals surface area contributed by atoms with Crippen LogP contribution in [0.15, 0.2) is 61.6 Å². The lowest BCUT2D eigenvalue weighted by Gasteiger charge is -2.23. The predicted octanol–water partition coefficient (Wildman–Crippen LogP) is 5.43. The summed E-state index contributed by atoms with van der Waals surface area (Å²) in [4.78, 5) is 17.4. The smallest absolute Gasteiger partial charge is 0.416 e. The molecule has 29 heavy (non-hydrogen) atoms. The third kappa shape index (κ3) is 4.48. The highest BCUT2D eigenvalue weighted by Crippen LogP contribution is 2.33. The number of benzene rings is 2. The van der Waals surface area contributed by atoms with E-state index in [2.05, 4.69) is 11.6 Å². The van der Waals surface area contributed by atoms with Gasteiger partial charge in [-0.2, -0.15) is 13.2 Å². The van der Waals surface area contributed by atoms with Crippen LogP contribution in [0.5, 0.6) is 0 Å². The molecule has 0 fully saturated rings. The van der Waals surface area contributed by atoms with E-state index in [4.69, 9.17) is 0 Å². The Hall–Kier alpha value is -3.55. The number of imidazole rings is 1. The first-order chi connectivity index (χ1) is 13.7. The Kier molecular flexibility index (Phi) is 5.45. The van der Waals surface area contributed by atoms with Crippen molar-refractivity contribution in [1.82, 2.24) is 9.55 Å². The van der Waals surface area contributed by atoms with E-state index in [1.165, 1.54) is 12.1 Å². The summed E-state index contributed by atoms with van der Waals surface area (Å²) in [7, 11) is 1.80. The van der Waals surface area contributed by atoms with Crippen molar-refractivity contribution in [1.29, 1.82) is 0 Å². The summed E-state index contributed by atoms with van der Waals surface area (Å²) in [6.07, 6.45) is -0.742. The Balaban J connectivity index is 2.02. The van der Waals surface area contributed by atoms with Gasteiger partial charge in [-0.05, 0) is 29.3 Å². The fourth-order valence-corrected chi connectivity index (χ4v) is 2.91. The molecule has 0 saturated heterocycles. The molecule has 0 unspecified atom stereocenters. The minimum Gasteiger partial charge on any atom is -0.465 e. The molecule has 0 spiro atoms. The molecule has 0 aliphatic rings. The molecule has 0 aliphatic carbocycles. The van der Waals surface area contributed by atoms with Crippen LogP contribution in [0.2, 0.25) is 0 Å². The Morgan fingerprint density at radius 1 is 1.24 bits per heavy atom. The van der Waals surface area contributed by atoms with Crippen molar-refractivity contribution in [3.8, 4) is 11.3 Å². The topological polar surface area (TPSA) is 58.4 Å². The SMILES string of the molecule is C=Cc1ccc(-c2cn(C)cn2)c(N(Cc2ccc(C(F)(F)F)cc2)C(=O)O)c1. The number of amides is 1. The van der Waals surface area contributed by atoms with Crippen molar-refractivity contribution in [2.45, 2.75) is 12.7 Å². The van der Waals surface area contributed by atoms with E-state index in [0.717, 1.165) is 17.0 Å². The van der Waals surface area contributed by atoms with Crippen molar-refractivity contribution in [3.05, 3.63) is 78.3 Å². The number of alkyl halides is 3. The molecule has 0 aliphatic heterocycles. The average Bonchev–Trinajstić information content (AvgIpc) is 3.11. The summed E-state index contributed by atoms with van der Waals surface area (Å²) >= 11 is 0. The number of nitrogens with zero attached hydrogens (tertiary/aromatic N) is 3. The fourth-order valence-electron chi connectivity index (χ4n) is 2.91. The van der Waals surface area contributed by atoms with Gasteiger partial charge in [0, 0.05) is 18.8 Å². The molecule has 3 aromatic rings. The summed E-state index contributed by atoms with van der Waals surface area (Å²) in [5.74, 6) is 0. The highest BCUT2D eigenvalue weighted by Gasteiger charge is 2.30. The maximum atomic E-state index is 12.8. The molecular weight excluding hydrogens is 383 g/mol. The fraction of sp³-hybridized carbons (Fsp3) is 0.143. The van der Waals surface area contributed by atoms with Crippen molar-refractivity contribution >= 4 is 17.9 Å². The van der Waals surface area contributed by atoms with Crippen molar-refractivity contribution < 1.29 is 23.1 Å². The Labute approximate surface area is 165 Å². The molecule has 1 heterocycles. The van der Waals surface area contributed by atoms with Crippen LogP contribution in [0.4, 0.5) is 23.7 Å². The highest BCUT2D eigenvalue weighted by atomic mass is 19.4. The van der Waals surface area contributed by atoms with Gasteiger partial charge in [-0.1, -0.05) is 36.9 Å². The molecule has 0 radical (unpaired) electrons. The van der Waals surface area contributed by atoms with Gasteiger partial charge >= 0.3 is 12.3 Å². The number of hydrogen-bond acceptors (Lipinski definition) is 2. The van der Waals surface area contributed by atoms with E-state index < -0.39 is 17.8 Å². The van der Waals surface area contributed by atoms with Crippen molar-refractivity contribution in [2.75, 3.05) is 4.90 Å². The molecule has 1 aromatic heterocycles. The second kappa shape index (κ2) is 7.83. The van der Waals surface area contributed by atoms with Crippen LogP contribution >= 0.6 is 0 Å². The van der Waals surface area contributed by atoms with Gasteiger partial charge in [0.15, 0.2) is 0 Å². The van der Waals surface area contributed by atoms with E-state index >= 15 is 0 Å². The van der Waals surface area contributed by atoms with Gasteiger partial charge in [-0.15, -0.1) is 0 Å². The van der Waals surface area contributed by atoms with Crippen LogP contribution in [0.3, 0.4) is 0 Å². The lowest BCUT2D eigenvalue weighted by atomic mass is 10.0. The molecule has 150 valence electrons. The van der Waals surface area contributed by atoms with Gasteiger partial charge in [0.05, 0.1) is 29.8 Å². The normalized spacial score (nSPS) is 11.3. The summed E-state index contributed by atoms with van der Waals surface area (Å²) in [5.41, 5.74) is 1.89. The molecule has 5 nitrogen and oxygen atoms in total. The van der Waals surface area contributed by atoms with E-state index in [-0.39, 0.29) is 6.54 Å². The number of anilines is 1. The first-order valence-corrected chi connectivity index (χ1v) is 8.60. The summed E-state index contributed by atoms with van der Waals surface area (Å²) in [6.45, 7) is 3.59. The summed E-state index contributed by atoms with van der Waals surface area (Å²) in [6, 6.07) is 9.63. The number of carboxylic acid groups (broad SMARTS) is 1. The lowest BCUT2D eigenvalue weighted by molar-refractivity contribution is -0.137. The number of rotatable bonds is 5. The zero-order valence-electron chi connectivity index (χ0n) is 15.5. The second-order valence-corrected chi connectivity index (χ2v) is 6.47. The van der Waals surface area contributed by atoms with E-state index in [1.54, 1.807) is 48.4 Å². The third-order valence-corrected chi connectivity index (χ3v) is 4.38. The summed E-state index contributed by atoms with van der Waals surface area (Å²) < 4.78 is 40.1. The zero-order valence-corrected chi connectivity index (χ0v) is 15.5. The lowest BCUT2D eigenvalue weighted by Crippen LogP contribution is -2.29. The Morgan fingerprint density at radius 3 is 2.45 bits per heavy atom. The number of carbonyl (C=O) groups is 1. The van der Waals surface area contributed by atoms with Crippen molar-refractivity contribution in [2.24, 2.45) is 7.05 Å². The second-order valence-electron chi connectivity index (χ2n) is 6.47. The van der Waals surface area contributed by atoms with Gasteiger partial charge in [-0.3, -0.25) is 4.90 Å². The van der Waals surface area contributed by atoms with Gasteiger partial charge in [-0.25, -0.2) is 9.78 Å². The molecule has 1 amide bonds. The van der Waals surface area contributed by atoms with Crippen LogP contribution in [-0.2, 0) is 19.8 Å². The van der Waals surface area contributed by atoms with E-state index in [9.17, 15) is 23.1 Å². The Morgan fingerprint density at radius 2 is 1.93 bits per heavy atom. The molecule has 0 saturated carbocycles. The molecule has 8 heteroatoms. The van der Waals surface area contributed by atoms with Gasteiger partial charge in [0.2, 0.25) is 0 Å². The Bertz CT molecular complexity index is 1040. The first kappa shape index (κ1) is 20.2. The largest absolute Gasteiger partial charge is 0.465 e. The molecule has 2 aromatic carbocycles. The highest BCUT2D eigenvalue weighted by molar-refractivity contribution is 5.93. The average molecular weight is 401 g/mol. The number of aryl methyl sites for hydroxylation is 1. The molecular formula is C21H18F3N3O2. The van der Waals surface area contributed by atoms with Crippen LogP contribution in [0.1, 0.15) is 16.7 Å². The molecule has 1 N–H and O–H groups in total. The van der Waals surface area contributed by atoms with E-state index in [1.807, 2.05) is 0 Å². The van der Waals surface area contributed by atoms with Crippen LogP contribution < -0.4 is 4.90 Å². The zero-order chi connectivity index (χ0) is 21.2. The quantitative estimate of drug-likeness (QED) is 0.620. The minimum absolute atomic E-state index is 0.117. The molecule has 0 bridgehead atoms. The first-order valence-electron chi connectivity index (χ1n) is 8.60. The molecule has 0 atom stereocenters. The van der Waals surface area contributed by atoms with Crippen LogP contribution in [-0.4, -0.2) is 20.8 Å². The standard InChI is InChI=1S/C21H18F3N3O2/c1-3-14-6-9-17(18-12-26(2)13-25-18)19(10-14)27(20(28)29)11-15-4-7-16(8-5-15)21(22,23)24/h3-10,12-13H,1,11H2,2H3,(H,28,29). The number of halogens is 3. The maximum absolute atomic E-state index is 12.8. The predicted molar refractivity (Wildman–Crippen MR) is 104 cm³/mol. The summed E-state index contributed by atoms with van der Waals surface area (Å²) in [5, 5.41) is 9.81. The van der Waals surface area contributed by atoms with Crippen LogP contribution in [0, 0.1) is 0 Å². The van der Waals surface area contributed by atoms with Gasteiger partial charge < -0.3 is 9.67 Å². The van der Waals surface area contributed by atoms with Crippen LogP contribution in [0.25, 0.3) is 17.3 Å². The van der Waals surface area contributed by atoms with Crippen molar-refractivity contribution in [3.63, 3.8) is 0 Å². The minimum atomic E-state index is -4.45. The number of hydrogen-bond donors (Lipinski definition) is 1. The van der Waals surface area contributed by atoms with Gasteiger partial charge in [0.25, 0.3) is 0 Å². The maximum Gasteiger partial charge on any atom is 0.416 e. The van der Waals surface area contributed by atoms with Gasteiger partial charge in [0.1, 0.15) is 0 Å². The van der Waals surface area contributed by atoms with E-state index in [0.29, 0.717) is 28.1 Å². The third-order valence-electron chi connectivity index (χ3n) is 4.38. The monoisotopic (exact) mass is 401 g/mol. The number of aromatic nitrogens is 2.